The van der Waals surface area contributed by atoms with Crippen LogP contribution in [0.2, 0.25) is 5.02 Å². The fourth-order valence-corrected chi connectivity index (χ4v) is 3.84. The molecule has 0 aliphatic carbocycles. The highest BCUT2D eigenvalue weighted by atomic mass is 35.5. The van der Waals surface area contributed by atoms with Gasteiger partial charge in [-0.25, -0.2) is 0 Å². The third-order valence-corrected chi connectivity index (χ3v) is 5.99. The smallest absolute Gasteiger partial charge is 0.272 e. The van der Waals surface area contributed by atoms with Gasteiger partial charge in [0.1, 0.15) is 5.70 Å². The number of aryl methyl sites for hydroxylation is 1. The molecule has 7 nitrogen and oxygen atoms in total. The summed E-state index contributed by atoms with van der Waals surface area (Å²) in [6, 6.07) is 26.0. The molecule has 0 atom stereocenters. The first-order valence-corrected chi connectivity index (χ1v) is 12.7. The lowest BCUT2D eigenvalue weighted by atomic mass is 10.1. The summed E-state index contributed by atoms with van der Waals surface area (Å²) >= 11 is 5.96. The predicted molar refractivity (Wildman–Crippen MR) is 156 cm³/mol. The van der Waals surface area contributed by atoms with Crippen molar-refractivity contribution >= 4 is 46.9 Å². The minimum atomic E-state index is -0.494. The maximum atomic E-state index is 13.2. The molecule has 0 radical (unpaired) electrons. The van der Waals surface area contributed by atoms with Crippen molar-refractivity contribution in [2.75, 3.05) is 23.3 Å². The van der Waals surface area contributed by atoms with Gasteiger partial charge in [-0.3, -0.25) is 9.59 Å². The Bertz CT molecular complexity index is 1420. The quantitative estimate of drug-likeness (QED) is 0.288. The standard InChI is InChI=1S/C31H28ClN5O2/c1-23-21-28(37(19-5-17-33)20-6-18-34)15-10-25(23)22-29(31(39)35-27-13-11-26(32)12-14-27)36-30(38)16-9-24-7-3-2-4-8-24/h2-4,7-16,21-22H,5-6,19-20H2,1H3,(H,35,39)(H,36,38). The molecule has 0 aliphatic rings. The number of rotatable bonds is 11. The lowest BCUT2D eigenvalue weighted by Crippen LogP contribution is -2.29. The number of amides is 2. The Hall–Kier alpha value is -4.85. The summed E-state index contributed by atoms with van der Waals surface area (Å²) in [7, 11) is 0. The molecule has 8 heteroatoms. The van der Waals surface area contributed by atoms with Crippen LogP contribution in [0.4, 0.5) is 11.4 Å². The largest absolute Gasteiger partial charge is 0.369 e. The third kappa shape index (κ3) is 9.19. The Morgan fingerprint density at radius 2 is 1.62 bits per heavy atom. The number of anilines is 2. The van der Waals surface area contributed by atoms with E-state index >= 15 is 0 Å². The minimum Gasteiger partial charge on any atom is -0.369 e. The molecule has 0 spiro atoms. The zero-order valence-electron chi connectivity index (χ0n) is 21.5. The van der Waals surface area contributed by atoms with Crippen LogP contribution >= 0.6 is 11.6 Å². The second kappa shape index (κ2) is 14.8. The van der Waals surface area contributed by atoms with Crippen molar-refractivity contribution in [1.82, 2.24) is 5.32 Å². The van der Waals surface area contributed by atoms with Gasteiger partial charge in [0.15, 0.2) is 0 Å². The number of hydrogen-bond acceptors (Lipinski definition) is 5. The molecule has 3 aromatic carbocycles. The van der Waals surface area contributed by atoms with Crippen LogP contribution < -0.4 is 15.5 Å². The van der Waals surface area contributed by atoms with Crippen molar-refractivity contribution in [3.05, 3.63) is 106 Å². The van der Waals surface area contributed by atoms with E-state index in [2.05, 4.69) is 22.8 Å². The van der Waals surface area contributed by atoms with Gasteiger partial charge in [0.25, 0.3) is 5.91 Å². The van der Waals surface area contributed by atoms with E-state index in [0.29, 0.717) is 36.6 Å². The molecular formula is C31H28ClN5O2. The molecule has 3 rings (SSSR count). The lowest BCUT2D eigenvalue weighted by molar-refractivity contribution is -0.118. The SMILES string of the molecule is Cc1cc(N(CCC#N)CCC#N)ccc1C=C(NC(=O)C=Cc1ccccc1)C(=O)Nc1ccc(Cl)cc1. The number of nitrogens with one attached hydrogen (secondary N) is 2. The van der Waals surface area contributed by atoms with Gasteiger partial charge in [0, 0.05) is 35.6 Å². The second-order valence-electron chi connectivity index (χ2n) is 8.60. The lowest BCUT2D eigenvalue weighted by Gasteiger charge is -2.23. The predicted octanol–water partition coefficient (Wildman–Crippen LogP) is 6.09. The Kier molecular flexibility index (Phi) is 10.9. The van der Waals surface area contributed by atoms with E-state index in [1.807, 2.05) is 60.4 Å². The minimum absolute atomic E-state index is 0.0642. The van der Waals surface area contributed by atoms with E-state index in [1.54, 1.807) is 36.4 Å². The molecular weight excluding hydrogens is 510 g/mol. The van der Waals surface area contributed by atoms with Crippen molar-refractivity contribution in [1.29, 1.82) is 10.5 Å². The van der Waals surface area contributed by atoms with Gasteiger partial charge < -0.3 is 15.5 Å². The number of benzene rings is 3. The van der Waals surface area contributed by atoms with E-state index in [0.717, 1.165) is 22.4 Å². The summed E-state index contributed by atoms with van der Waals surface area (Å²) in [6.45, 7) is 2.91. The molecule has 0 unspecified atom stereocenters. The molecule has 0 fully saturated rings. The molecule has 39 heavy (non-hydrogen) atoms. The topological polar surface area (TPSA) is 109 Å². The molecule has 2 N–H and O–H groups in total. The summed E-state index contributed by atoms with van der Waals surface area (Å²) in [4.78, 5) is 27.9. The van der Waals surface area contributed by atoms with Crippen molar-refractivity contribution < 1.29 is 9.59 Å². The first-order chi connectivity index (χ1) is 18.9. The van der Waals surface area contributed by atoms with E-state index in [4.69, 9.17) is 22.1 Å². The van der Waals surface area contributed by atoms with Crippen LogP contribution in [0, 0.1) is 29.6 Å². The van der Waals surface area contributed by atoms with Gasteiger partial charge in [0.2, 0.25) is 5.91 Å². The molecule has 0 saturated heterocycles. The van der Waals surface area contributed by atoms with Gasteiger partial charge in [-0.1, -0.05) is 48.0 Å². The maximum Gasteiger partial charge on any atom is 0.272 e. The molecule has 196 valence electrons. The van der Waals surface area contributed by atoms with Crippen molar-refractivity contribution in [3.8, 4) is 12.1 Å². The monoisotopic (exact) mass is 537 g/mol. The molecule has 2 amide bonds. The number of halogens is 1. The van der Waals surface area contributed by atoms with E-state index < -0.39 is 11.8 Å². The van der Waals surface area contributed by atoms with Gasteiger partial charge in [-0.2, -0.15) is 10.5 Å². The van der Waals surface area contributed by atoms with Crippen LogP contribution in [-0.2, 0) is 9.59 Å². The highest BCUT2D eigenvalue weighted by Crippen LogP contribution is 2.22. The first-order valence-electron chi connectivity index (χ1n) is 12.3. The van der Waals surface area contributed by atoms with Crippen molar-refractivity contribution in [2.45, 2.75) is 19.8 Å². The Morgan fingerprint density at radius 3 is 2.23 bits per heavy atom. The summed E-state index contributed by atoms with van der Waals surface area (Å²) in [5.74, 6) is -0.947. The molecule has 3 aromatic rings. The van der Waals surface area contributed by atoms with Crippen LogP contribution in [0.3, 0.4) is 0 Å². The van der Waals surface area contributed by atoms with Crippen molar-refractivity contribution in [2.24, 2.45) is 0 Å². The molecule has 0 bridgehead atoms. The average Bonchev–Trinajstić information content (AvgIpc) is 2.94. The Balaban J connectivity index is 1.89. The van der Waals surface area contributed by atoms with Crippen LogP contribution in [0.5, 0.6) is 0 Å². The third-order valence-electron chi connectivity index (χ3n) is 5.74. The summed E-state index contributed by atoms with van der Waals surface area (Å²) < 4.78 is 0. The fraction of sp³-hybridized carbons (Fsp3) is 0.161. The highest BCUT2D eigenvalue weighted by Gasteiger charge is 2.14. The molecule has 0 aliphatic heterocycles. The highest BCUT2D eigenvalue weighted by molar-refractivity contribution is 6.30. The zero-order valence-corrected chi connectivity index (χ0v) is 22.3. The van der Waals surface area contributed by atoms with Crippen LogP contribution in [-0.4, -0.2) is 24.9 Å². The number of carbonyl (C=O) groups excluding carboxylic acids is 2. The zero-order chi connectivity index (χ0) is 28.0. The Labute approximate surface area is 233 Å². The summed E-state index contributed by atoms with van der Waals surface area (Å²) in [6.07, 6.45) is 5.33. The average molecular weight is 538 g/mol. The molecule has 0 heterocycles. The number of nitrogens with zero attached hydrogens (tertiary/aromatic N) is 3. The number of carbonyl (C=O) groups is 2. The second-order valence-corrected chi connectivity index (χ2v) is 9.03. The Morgan fingerprint density at radius 1 is 0.949 bits per heavy atom. The van der Waals surface area contributed by atoms with E-state index in [1.165, 1.54) is 6.08 Å². The van der Waals surface area contributed by atoms with Gasteiger partial charge in [-0.05, 0) is 72.2 Å². The maximum absolute atomic E-state index is 13.2. The summed E-state index contributed by atoms with van der Waals surface area (Å²) in [5.41, 5.74) is 3.91. The van der Waals surface area contributed by atoms with E-state index in [9.17, 15) is 9.59 Å². The van der Waals surface area contributed by atoms with Crippen LogP contribution in [0.25, 0.3) is 12.2 Å². The molecule has 0 saturated carbocycles. The van der Waals surface area contributed by atoms with Gasteiger partial charge in [0.05, 0.1) is 25.0 Å². The van der Waals surface area contributed by atoms with Gasteiger partial charge >= 0.3 is 0 Å². The normalized spacial score (nSPS) is 10.9. The van der Waals surface area contributed by atoms with Gasteiger partial charge in [-0.15, -0.1) is 0 Å². The fourth-order valence-electron chi connectivity index (χ4n) is 3.71. The summed E-state index contributed by atoms with van der Waals surface area (Å²) in [5, 5.41) is 24.0. The first kappa shape index (κ1) is 28.7. The number of hydrogen-bond donors (Lipinski definition) is 2. The van der Waals surface area contributed by atoms with Crippen LogP contribution in [0.15, 0.2) is 84.6 Å². The van der Waals surface area contributed by atoms with E-state index in [-0.39, 0.29) is 5.70 Å². The van der Waals surface area contributed by atoms with Crippen molar-refractivity contribution in [3.63, 3.8) is 0 Å². The number of nitriles is 2. The van der Waals surface area contributed by atoms with Crippen LogP contribution in [0.1, 0.15) is 29.5 Å². The molecule has 0 aromatic heterocycles.